The van der Waals surface area contributed by atoms with E-state index in [1.807, 2.05) is 35.7 Å². The van der Waals surface area contributed by atoms with Crippen molar-refractivity contribution < 1.29 is 9.18 Å². The third kappa shape index (κ3) is 4.23. The summed E-state index contributed by atoms with van der Waals surface area (Å²) in [7, 11) is 0. The van der Waals surface area contributed by atoms with Crippen molar-refractivity contribution in [1.29, 1.82) is 0 Å². The van der Waals surface area contributed by atoms with Gasteiger partial charge in [0.1, 0.15) is 10.8 Å². The van der Waals surface area contributed by atoms with Crippen molar-refractivity contribution in [2.45, 2.75) is 13.0 Å². The maximum absolute atomic E-state index is 12.9. The van der Waals surface area contributed by atoms with Gasteiger partial charge < -0.3 is 5.32 Å². The Morgan fingerprint density at radius 1 is 1.09 bits per heavy atom. The van der Waals surface area contributed by atoms with E-state index in [1.165, 1.54) is 23.5 Å². The Balaban J connectivity index is 1.58. The molecule has 5 heteroatoms. The minimum atomic E-state index is -0.274. The molecule has 2 aromatic carbocycles. The van der Waals surface area contributed by atoms with Crippen LogP contribution in [0.1, 0.15) is 10.6 Å². The van der Waals surface area contributed by atoms with Crippen LogP contribution in [-0.4, -0.2) is 10.9 Å². The van der Waals surface area contributed by atoms with Gasteiger partial charge in [0.25, 0.3) is 0 Å². The molecule has 3 rings (SSSR count). The summed E-state index contributed by atoms with van der Waals surface area (Å²) in [6.45, 7) is 0.510. The molecule has 0 atom stereocenters. The van der Waals surface area contributed by atoms with E-state index >= 15 is 0 Å². The summed E-state index contributed by atoms with van der Waals surface area (Å²) in [6.07, 6.45) is 0.249. The van der Waals surface area contributed by atoms with Crippen LogP contribution in [0.3, 0.4) is 0 Å². The second-order valence-corrected chi connectivity index (χ2v) is 6.02. The highest BCUT2D eigenvalue weighted by molar-refractivity contribution is 7.10. The van der Waals surface area contributed by atoms with Gasteiger partial charge in [-0.25, -0.2) is 9.37 Å². The quantitative estimate of drug-likeness (QED) is 0.775. The molecule has 116 valence electrons. The fourth-order valence-corrected chi connectivity index (χ4v) is 2.94. The summed E-state index contributed by atoms with van der Waals surface area (Å²) in [5, 5.41) is 5.51. The summed E-state index contributed by atoms with van der Waals surface area (Å²) < 4.78 is 12.9. The molecule has 3 aromatic rings. The first-order valence-corrected chi connectivity index (χ1v) is 8.09. The van der Waals surface area contributed by atoms with Gasteiger partial charge in [0, 0.05) is 17.5 Å². The second-order valence-electron chi connectivity index (χ2n) is 5.07. The van der Waals surface area contributed by atoms with Gasteiger partial charge in [0.2, 0.25) is 5.91 Å². The molecule has 0 unspecified atom stereocenters. The minimum absolute atomic E-state index is 0.0612. The van der Waals surface area contributed by atoms with Crippen molar-refractivity contribution in [3.05, 3.63) is 76.4 Å². The lowest BCUT2D eigenvalue weighted by atomic mass is 10.2. The zero-order valence-corrected chi connectivity index (χ0v) is 13.1. The number of hydrogen-bond acceptors (Lipinski definition) is 3. The molecule has 1 N–H and O–H groups in total. The van der Waals surface area contributed by atoms with E-state index in [2.05, 4.69) is 10.3 Å². The van der Waals surface area contributed by atoms with Crippen molar-refractivity contribution in [1.82, 2.24) is 10.3 Å². The number of rotatable bonds is 5. The van der Waals surface area contributed by atoms with Crippen molar-refractivity contribution in [3.8, 4) is 11.3 Å². The predicted octanol–water partition coefficient (Wildman–Crippen LogP) is 3.81. The van der Waals surface area contributed by atoms with E-state index in [1.54, 1.807) is 12.1 Å². The van der Waals surface area contributed by atoms with Crippen molar-refractivity contribution >= 4 is 17.2 Å². The molecule has 0 radical (unpaired) electrons. The molecule has 23 heavy (non-hydrogen) atoms. The fraction of sp³-hybridized carbons (Fsp3) is 0.111. The van der Waals surface area contributed by atoms with Crippen LogP contribution in [-0.2, 0) is 17.8 Å². The van der Waals surface area contributed by atoms with Crippen LogP contribution >= 0.6 is 11.3 Å². The van der Waals surface area contributed by atoms with Crippen LogP contribution in [0, 0.1) is 5.82 Å². The van der Waals surface area contributed by atoms with Crippen LogP contribution in [0.4, 0.5) is 4.39 Å². The molecule has 1 amide bonds. The third-order valence-corrected chi connectivity index (χ3v) is 4.18. The lowest BCUT2D eigenvalue weighted by Crippen LogP contribution is -2.24. The monoisotopic (exact) mass is 326 g/mol. The molecule has 0 saturated carbocycles. The Kier molecular flexibility index (Phi) is 4.78. The molecule has 0 aliphatic heterocycles. The SMILES string of the molecule is O=C(Cc1nc(-c2ccc(F)cc2)cs1)NCc1ccccc1. The lowest BCUT2D eigenvalue weighted by Gasteiger charge is -2.03. The number of carbonyl (C=O) groups excluding carboxylic acids is 1. The van der Waals surface area contributed by atoms with Gasteiger partial charge in [0.15, 0.2) is 0 Å². The summed E-state index contributed by atoms with van der Waals surface area (Å²) in [4.78, 5) is 16.4. The van der Waals surface area contributed by atoms with Crippen LogP contribution in [0.5, 0.6) is 0 Å². The molecule has 1 aromatic heterocycles. The van der Waals surface area contributed by atoms with Crippen molar-refractivity contribution in [2.24, 2.45) is 0 Å². The number of aromatic nitrogens is 1. The molecular formula is C18H15FN2OS. The summed E-state index contributed by atoms with van der Waals surface area (Å²) in [5.74, 6) is -0.335. The van der Waals surface area contributed by atoms with Gasteiger partial charge in [-0.3, -0.25) is 4.79 Å². The van der Waals surface area contributed by atoms with E-state index in [4.69, 9.17) is 0 Å². The number of thiazole rings is 1. The first-order valence-electron chi connectivity index (χ1n) is 7.22. The molecule has 3 nitrogen and oxygen atoms in total. The number of nitrogens with zero attached hydrogens (tertiary/aromatic N) is 1. The highest BCUT2D eigenvalue weighted by Gasteiger charge is 2.09. The van der Waals surface area contributed by atoms with E-state index in [0.717, 1.165) is 21.8 Å². The summed E-state index contributed by atoms with van der Waals surface area (Å²) in [5.41, 5.74) is 2.67. The average Bonchev–Trinajstić information content (AvgIpc) is 3.03. The van der Waals surface area contributed by atoms with Gasteiger partial charge in [-0.2, -0.15) is 0 Å². The smallest absolute Gasteiger partial charge is 0.227 e. The number of carbonyl (C=O) groups is 1. The molecular weight excluding hydrogens is 311 g/mol. The Morgan fingerprint density at radius 3 is 2.57 bits per heavy atom. The summed E-state index contributed by atoms with van der Waals surface area (Å²) >= 11 is 1.43. The average molecular weight is 326 g/mol. The molecule has 1 heterocycles. The van der Waals surface area contributed by atoms with Crippen molar-refractivity contribution in [2.75, 3.05) is 0 Å². The van der Waals surface area contributed by atoms with E-state index < -0.39 is 0 Å². The normalized spacial score (nSPS) is 10.5. The topological polar surface area (TPSA) is 42.0 Å². The molecule has 0 saturated heterocycles. The van der Waals surface area contributed by atoms with Crippen LogP contribution in [0.25, 0.3) is 11.3 Å². The van der Waals surface area contributed by atoms with Gasteiger partial charge in [-0.1, -0.05) is 30.3 Å². The maximum Gasteiger partial charge on any atom is 0.227 e. The highest BCUT2D eigenvalue weighted by atomic mass is 32.1. The maximum atomic E-state index is 12.9. The number of halogens is 1. The van der Waals surface area contributed by atoms with Gasteiger partial charge in [0.05, 0.1) is 12.1 Å². The number of nitrogens with one attached hydrogen (secondary N) is 1. The van der Waals surface area contributed by atoms with Gasteiger partial charge >= 0.3 is 0 Å². The second kappa shape index (κ2) is 7.15. The molecule has 0 bridgehead atoms. The van der Waals surface area contributed by atoms with Crippen LogP contribution in [0.2, 0.25) is 0 Å². The Labute approximate surface area is 137 Å². The van der Waals surface area contributed by atoms with Gasteiger partial charge in [-0.05, 0) is 29.8 Å². The number of amides is 1. The largest absolute Gasteiger partial charge is 0.352 e. The zero-order valence-electron chi connectivity index (χ0n) is 12.3. The van der Waals surface area contributed by atoms with Crippen LogP contribution < -0.4 is 5.32 Å². The van der Waals surface area contributed by atoms with Gasteiger partial charge in [-0.15, -0.1) is 11.3 Å². The number of hydrogen-bond donors (Lipinski definition) is 1. The first-order chi connectivity index (χ1) is 11.2. The first kappa shape index (κ1) is 15.4. The molecule has 0 spiro atoms. The van der Waals surface area contributed by atoms with Crippen molar-refractivity contribution in [3.63, 3.8) is 0 Å². The summed E-state index contributed by atoms with van der Waals surface area (Å²) in [6, 6.07) is 15.9. The Bertz CT molecular complexity index is 784. The highest BCUT2D eigenvalue weighted by Crippen LogP contribution is 2.22. The number of benzene rings is 2. The third-order valence-electron chi connectivity index (χ3n) is 3.34. The minimum Gasteiger partial charge on any atom is -0.352 e. The predicted molar refractivity (Wildman–Crippen MR) is 89.5 cm³/mol. The molecule has 0 fully saturated rings. The van der Waals surface area contributed by atoms with E-state index in [9.17, 15) is 9.18 Å². The van der Waals surface area contributed by atoms with Crippen LogP contribution in [0.15, 0.2) is 60.0 Å². The molecule has 0 aliphatic carbocycles. The van der Waals surface area contributed by atoms with E-state index in [-0.39, 0.29) is 18.1 Å². The fourth-order valence-electron chi connectivity index (χ4n) is 2.14. The lowest BCUT2D eigenvalue weighted by molar-refractivity contribution is -0.120. The Morgan fingerprint density at radius 2 is 1.83 bits per heavy atom. The molecule has 0 aliphatic rings. The Hall–Kier alpha value is -2.53. The van der Waals surface area contributed by atoms with E-state index in [0.29, 0.717) is 6.54 Å². The zero-order chi connectivity index (χ0) is 16.1. The standard InChI is InChI=1S/C18H15FN2OS/c19-15-8-6-14(7-9-15)16-12-23-18(21-16)10-17(22)20-11-13-4-2-1-3-5-13/h1-9,12H,10-11H2,(H,20,22).